The predicted octanol–water partition coefficient (Wildman–Crippen LogP) is 2.74. The van der Waals surface area contributed by atoms with Crippen LogP contribution in [0.5, 0.6) is 0 Å². The van der Waals surface area contributed by atoms with Gasteiger partial charge in [0.05, 0.1) is 18.7 Å². The molecule has 1 aromatic carbocycles. The van der Waals surface area contributed by atoms with E-state index in [-0.39, 0.29) is 17.7 Å². The normalized spacial score (nSPS) is 17.6. The third-order valence-corrected chi connectivity index (χ3v) is 3.71. The Balaban J connectivity index is 2.02. The fourth-order valence-corrected chi connectivity index (χ4v) is 2.71. The van der Waals surface area contributed by atoms with E-state index in [0.717, 1.165) is 36.5 Å². The Bertz CT molecular complexity index is 634. The zero-order valence-corrected chi connectivity index (χ0v) is 11.2. The number of fused-ring (bicyclic) bond motifs is 1. The molecular weight excluding hydrogens is 259 g/mol. The lowest BCUT2D eigenvalue weighted by molar-refractivity contribution is -0.143. The van der Waals surface area contributed by atoms with Crippen molar-refractivity contribution in [3.63, 3.8) is 0 Å². The van der Waals surface area contributed by atoms with Crippen LogP contribution in [0.4, 0.5) is 4.39 Å². The molecule has 2 heterocycles. The number of methoxy groups -OCH3 is 1. The second-order valence-corrected chi connectivity index (χ2v) is 4.88. The molecule has 0 radical (unpaired) electrons. The third kappa shape index (κ3) is 2.09. The number of hydrogen-bond acceptors (Lipinski definition) is 3. The standard InChI is InChI=1S/C15H15FN2O2/c1-20-15(19)12-3-2-8-18-13(12)9-17-14(18)10-4-6-11(16)7-5-10/h4-7,9,12H,2-3,8H2,1H3. The number of benzene rings is 1. The molecule has 5 heteroatoms. The number of rotatable bonds is 2. The smallest absolute Gasteiger partial charge is 0.314 e. The summed E-state index contributed by atoms with van der Waals surface area (Å²) in [6, 6.07) is 6.23. The Morgan fingerprint density at radius 3 is 2.85 bits per heavy atom. The first-order valence-corrected chi connectivity index (χ1v) is 6.60. The first-order chi connectivity index (χ1) is 9.70. The molecule has 2 aromatic rings. The average molecular weight is 274 g/mol. The van der Waals surface area contributed by atoms with Crippen LogP contribution in [0.15, 0.2) is 30.5 Å². The fourth-order valence-electron chi connectivity index (χ4n) is 2.71. The Morgan fingerprint density at radius 2 is 2.15 bits per heavy atom. The topological polar surface area (TPSA) is 44.1 Å². The van der Waals surface area contributed by atoms with Crippen LogP contribution in [0.25, 0.3) is 11.4 Å². The van der Waals surface area contributed by atoms with Crippen molar-refractivity contribution in [2.45, 2.75) is 25.3 Å². The maximum absolute atomic E-state index is 13.0. The van der Waals surface area contributed by atoms with Gasteiger partial charge in [-0.1, -0.05) is 0 Å². The summed E-state index contributed by atoms with van der Waals surface area (Å²) < 4.78 is 19.9. The van der Waals surface area contributed by atoms with Gasteiger partial charge in [0.1, 0.15) is 11.6 Å². The molecule has 1 unspecified atom stereocenters. The SMILES string of the molecule is COC(=O)C1CCCn2c1cnc2-c1ccc(F)cc1. The Kier molecular flexibility index (Phi) is 3.26. The lowest BCUT2D eigenvalue weighted by Crippen LogP contribution is -2.23. The maximum atomic E-state index is 13.0. The number of nitrogens with zero attached hydrogens (tertiary/aromatic N) is 2. The zero-order chi connectivity index (χ0) is 14.1. The monoisotopic (exact) mass is 274 g/mol. The summed E-state index contributed by atoms with van der Waals surface area (Å²) in [5, 5.41) is 0. The van der Waals surface area contributed by atoms with Gasteiger partial charge in [-0.3, -0.25) is 4.79 Å². The number of carbonyl (C=O) groups is 1. The van der Waals surface area contributed by atoms with Crippen LogP contribution in [0.1, 0.15) is 24.5 Å². The van der Waals surface area contributed by atoms with Gasteiger partial charge in [0.2, 0.25) is 0 Å². The summed E-state index contributed by atoms with van der Waals surface area (Å²) in [4.78, 5) is 16.2. The number of hydrogen-bond donors (Lipinski definition) is 0. The highest BCUT2D eigenvalue weighted by Crippen LogP contribution is 2.32. The summed E-state index contributed by atoms with van der Waals surface area (Å²) in [5.74, 6) is 0.0205. The van der Waals surface area contributed by atoms with E-state index in [4.69, 9.17) is 4.74 Å². The number of imidazole rings is 1. The van der Waals surface area contributed by atoms with E-state index in [1.807, 2.05) is 4.57 Å². The van der Waals surface area contributed by atoms with Crippen molar-refractivity contribution < 1.29 is 13.9 Å². The summed E-state index contributed by atoms with van der Waals surface area (Å²) >= 11 is 0. The van der Waals surface area contributed by atoms with Crippen molar-refractivity contribution in [3.8, 4) is 11.4 Å². The summed E-state index contributed by atoms with van der Waals surface area (Å²) in [6.45, 7) is 0.815. The molecule has 1 atom stereocenters. The quantitative estimate of drug-likeness (QED) is 0.791. The van der Waals surface area contributed by atoms with E-state index in [1.165, 1.54) is 19.2 Å². The van der Waals surface area contributed by atoms with Gasteiger partial charge in [-0.2, -0.15) is 0 Å². The van der Waals surface area contributed by atoms with Gasteiger partial charge in [0.25, 0.3) is 0 Å². The molecule has 0 saturated heterocycles. The molecule has 0 aliphatic carbocycles. The zero-order valence-electron chi connectivity index (χ0n) is 11.2. The molecule has 104 valence electrons. The molecular formula is C15H15FN2O2. The van der Waals surface area contributed by atoms with E-state index in [0.29, 0.717) is 0 Å². The Morgan fingerprint density at radius 1 is 1.40 bits per heavy atom. The predicted molar refractivity (Wildman–Crippen MR) is 71.6 cm³/mol. The molecule has 20 heavy (non-hydrogen) atoms. The van der Waals surface area contributed by atoms with Crippen molar-refractivity contribution in [1.82, 2.24) is 9.55 Å². The highest BCUT2D eigenvalue weighted by atomic mass is 19.1. The lowest BCUT2D eigenvalue weighted by atomic mass is 9.96. The van der Waals surface area contributed by atoms with Crippen LogP contribution >= 0.6 is 0 Å². The molecule has 0 amide bonds. The molecule has 1 aromatic heterocycles. The number of halogens is 1. The van der Waals surface area contributed by atoms with Gasteiger partial charge < -0.3 is 9.30 Å². The average Bonchev–Trinajstić information content (AvgIpc) is 2.91. The van der Waals surface area contributed by atoms with Crippen LogP contribution in [0, 0.1) is 5.82 Å². The third-order valence-electron chi connectivity index (χ3n) is 3.71. The molecule has 0 N–H and O–H groups in total. The Labute approximate surface area is 116 Å². The Hall–Kier alpha value is -2.17. The molecule has 0 saturated carbocycles. The first-order valence-electron chi connectivity index (χ1n) is 6.60. The number of esters is 1. The van der Waals surface area contributed by atoms with Crippen LogP contribution < -0.4 is 0 Å². The van der Waals surface area contributed by atoms with Gasteiger partial charge in [0, 0.05) is 18.3 Å². The molecule has 1 aliphatic heterocycles. The summed E-state index contributed by atoms with van der Waals surface area (Å²) in [5.41, 5.74) is 1.73. The van der Waals surface area contributed by atoms with Gasteiger partial charge in [-0.25, -0.2) is 9.37 Å². The van der Waals surface area contributed by atoms with Gasteiger partial charge >= 0.3 is 5.97 Å². The van der Waals surface area contributed by atoms with Crippen molar-refractivity contribution in [2.24, 2.45) is 0 Å². The van der Waals surface area contributed by atoms with E-state index in [2.05, 4.69) is 4.98 Å². The van der Waals surface area contributed by atoms with Gasteiger partial charge in [-0.15, -0.1) is 0 Å². The summed E-state index contributed by atoms with van der Waals surface area (Å²) in [6.07, 6.45) is 3.40. The van der Waals surface area contributed by atoms with Crippen LogP contribution in [0.3, 0.4) is 0 Å². The van der Waals surface area contributed by atoms with E-state index in [9.17, 15) is 9.18 Å². The first kappa shape index (κ1) is 12.8. The summed E-state index contributed by atoms with van der Waals surface area (Å²) in [7, 11) is 1.40. The minimum Gasteiger partial charge on any atom is -0.469 e. The maximum Gasteiger partial charge on any atom is 0.314 e. The van der Waals surface area contributed by atoms with Crippen molar-refractivity contribution in [3.05, 3.63) is 42.0 Å². The number of aromatic nitrogens is 2. The van der Waals surface area contributed by atoms with Crippen molar-refractivity contribution in [1.29, 1.82) is 0 Å². The molecule has 0 spiro atoms. The van der Waals surface area contributed by atoms with E-state index in [1.54, 1.807) is 18.3 Å². The van der Waals surface area contributed by atoms with Gasteiger partial charge in [-0.05, 0) is 37.1 Å². The highest BCUT2D eigenvalue weighted by Gasteiger charge is 2.29. The van der Waals surface area contributed by atoms with Crippen LogP contribution in [-0.4, -0.2) is 22.6 Å². The molecule has 4 nitrogen and oxygen atoms in total. The highest BCUT2D eigenvalue weighted by molar-refractivity contribution is 5.78. The molecule has 3 rings (SSSR count). The number of ether oxygens (including phenoxy) is 1. The molecule has 0 bridgehead atoms. The largest absolute Gasteiger partial charge is 0.469 e. The van der Waals surface area contributed by atoms with Crippen molar-refractivity contribution >= 4 is 5.97 Å². The molecule has 0 fully saturated rings. The number of carbonyl (C=O) groups excluding carboxylic acids is 1. The van der Waals surface area contributed by atoms with Crippen LogP contribution in [0.2, 0.25) is 0 Å². The second kappa shape index (κ2) is 5.07. The van der Waals surface area contributed by atoms with E-state index < -0.39 is 0 Å². The lowest BCUT2D eigenvalue weighted by Gasteiger charge is -2.23. The minimum atomic E-state index is -0.272. The van der Waals surface area contributed by atoms with E-state index >= 15 is 0 Å². The molecule has 1 aliphatic rings. The van der Waals surface area contributed by atoms with Crippen molar-refractivity contribution in [2.75, 3.05) is 7.11 Å². The minimum absolute atomic E-state index is 0.225. The second-order valence-electron chi connectivity index (χ2n) is 4.88. The van der Waals surface area contributed by atoms with Gasteiger partial charge in [0.15, 0.2) is 0 Å². The van der Waals surface area contributed by atoms with Crippen LogP contribution in [-0.2, 0) is 16.1 Å². The fraction of sp³-hybridized carbons (Fsp3) is 0.333.